The van der Waals surface area contributed by atoms with Crippen molar-refractivity contribution in [3.05, 3.63) is 28.8 Å². The van der Waals surface area contributed by atoms with Crippen molar-refractivity contribution in [1.29, 1.82) is 5.41 Å². The fourth-order valence-electron chi connectivity index (χ4n) is 1.85. The molecule has 0 radical (unpaired) electrons. The maximum absolute atomic E-state index is 12.6. The fourth-order valence-corrected chi connectivity index (χ4v) is 2.08. The summed E-state index contributed by atoms with van der Waals surface area (Å²) in [6, 6.07) is 3.38. The highest BCUT2D eigenvalue weighted by Gasteiger charge is 2.32. The Morgan fingerprint density at radius 1 is 1.24 bits per heavy atom. The van der Waals surface area contributed by atoms with Gasteiger partial charge in [-0.3, -0.25) is 5.41 Å². The van der Waals surface area contributed by atoms with Gasteiger partial charge >= 0.3 is 6.18 Å². The van der Waals surface area contributed by atoms with Crippen LogP contribution in [0.4, 0.5) is 18.9 Å². The zero-order chi connectivity index (χ0) is 12.6. The van der Waals surface area contributed by atoms with E-state index in [1.807, 2.05) is 0 Å². The van der Waals surface area contributed by atoms with Crippen LogP contribution in [-0.2, 0) is 6.18 Å². The Morgan fingerprint density at radius 2 is 1.94 bits per heavy atom. The van der Waals surface area contributed by atoms with E-state index in [0.717, 1.165) is 18.6 Å². The highest BCUT2D eigenvalue weighted by Crippen LogP contribution is 2.35. The maximum Gasteiger partial charge on any atom is 0.416 e. The molecule has 1 saturated heterocycles. The van der Waals surface area contributed by atoms with Crippen molar-refractivity contribution in [1.82, 2.24) is 0 Å². The average Bonchev–Trinajstić information content (AvgIpc) is 2.62. The second kappa shape index (κ2) is 4.22. The summed E-state index contributed by atoms with van der Waals surface area (Å²) in [4.78, 5) is 1.56. The number of nitrogens with zero attached hydrogens (tertiary/aromatic N) is 1. The lowest BCUT2D eigenvalue weighted by molar-refractivity contribution is -0.137. The Morgan fingerprint density at radius 3 is 2.47 bits per heavy atom. The quantitative estimate of drug-likeness (QED) is 0.815. The number of hydrogen-bond acceptors (Lipinski definition) is 1. The monoisotopic (exact) mass is 262 g/mol. The molecule has 1 heterocycles. The number of benzene rings is 1. The molecular weight excluding hydrogens is 253 g/mol. The summed E-state index contributed by atoms with van der Waals surface area (Å²) in [6.07, 6.45) is -3.04. The van der Waals surface area contributed by atoms with Crippen LogP contribution in [0.1, 0.15) is 18.4 Å². The van der Waals surface area contributed by atoms with E-state index < -0.39 is 11.7 Å². The molecule has 1 aromatic carbocycles. The van der Waals surface area contributed by atoms with Crippen LogP contribution in [0.2, 0.25) is 5.02 Å². The number of halogens is 4. The van der Waals surface area contributed by atoms with Crippen molar-refractivity contribution in [3.63, 3.8) is 0 Å². The van der Waals surface area contributed by atoms with Gasteiger partial charge in [0.05, 0.1) is 5.56 Å². The molecule has 1 aliphatic heterocycles. The van der Waals surface area contributed by atoms with Crippen molar-refractivity contribution in [3.8, 4) is 0 Å². The Balaban J connectivity index is 2.41. The largest absolute Gasteiger partial charge is 0.416 e. The van der Waals surface area contributed by atoms with Gasteiger partial charge < -0.3 is 4.90 Å². The average molecular weight is 263 g/mol. The van der Waals surface area contributed by atoms with Gasteiger partial charge in [0.2, 0.25) is 0 Å². The molecule has 0 unspecified atom stereocenters. The van der Waals surface area contributed by atoms with Gasteiger partial charge in [0.15, 0.2) is 0 Å². The lowest BCUT2D eigenvalue weighted by Crippen LogP contribution is -2.23. The summed E-state index contributed by atoms with van der Waals surface area (Å²) in [5.41, 5.74) is -0.438. The van der Waals surface area contributed by atoms with E-state index in [9.17, 15) is 13.2 Å². The number of amidine groups is 1. The highest BCUT2D eigenvalue weighted by molar-refractivity contribution is 6.31. The molecule has 1 fully saturated rings. The summed E-state index contributed by atoms with van der Waals surface area (Å²) < 4.78 is 37.8. The minimum Gasteiger partial charge on any atom is -0.330 e. The number of hydrogen-bond donors (Lipinski definition) is 1. The van der Waals surface area contributed by atoms with Gasteiger partial charge in [0, 0.05) is 23.7 Å². The van der Waals surface area contributed by atoms with Crippen LogP contribution in [0, 0.1) is 5.41 Å². The molecule has 2 nitrogen and oxygen atoms in total. The molecule has 0 spiro atoms. The van der Waals surface area contributed by atoms with E-state index in [1.54, 1.807) is 4.90 Å². The smallest absolute Gasteiger partial charge is 0.330 e. The van der Waals surface area contributed by atoms with Gasteiger partial charge in [-0.25, -0.2) is 0 Å². The van der Waals surface area contributed by atoms with Crippen molar-refractivity contribution >= 4 is 23.1 Å². The van der Waals surface area contributed by atoms with Crippen LogP contribution >= 0.6 is 11.6 Å². The molecule has 0 amide bonds. The Labute approximate surface area is 101 Å². The Bertz CT molecular complexity index is 457. The Kier molecular flexibility index (Phi) is 3.03. The van der Waals surface area contributed by atoms with Crippen LogP contribution in [0.15, 0.2) is 18.2 Å². The molecule has 0 aliphatic carbocycles. The zero-order valence-corrected chi connectivity index (χ0v) is 9.57. The van der Waals surface area contributed by atoms with Crippen molar-refractivity contribution in [2.75, 3.05) is 11.4 Å². The summed E-state index contributed by atoms with van der Waals surface area (Å²) >= 11 is 5.69. The number of anilines is 1. The molecule has 0 saturated carbocycles. The molecular formula is C11H10ClF3N2. The first kappa shape index (κ1) is 12.2. The minimum absolute atomic E-state index is 0.0366. The lowest BCUT2D eigenvalue weighted by Gasteiger charge is -2.19. The van der Waals surface area contributed by atoms with Crippen molar-refractivity contribution < 1.29 is 13.2 Å². The van der Waals surface area contributed by atoms with Crippen LogP contribution in [0.5, 0.6) is 0 Å². The van der Waals surface area contributed by atoms with Crippen molar-refractivity contribution in [2.45, 2.75) is 19.0 Å². The third-order valence-electron chi connectivity index (χ3n) is 2.64. The molecule has 1 aliphatic rings. The van der Waals surface area contributed by atoms with Gasteiger partial charge in [-0.1, -0.05) is 11.6 Å². The zero-order valence-electron chi connectivity index (χ0n) is 8.81. The molecule has 92 valence electrons. The van der Waals surface area contributed by atoms with Gasteiger partial charge in [0.25, 0.3) is 0 Å². The second-order valence-corrected chi connectivity index (χ2v) is 4.33. The van der Waals surface area contributed by atoms with Gasteiger partial charge in [0.1, 0.15) is 5.84 Å². The predicted octanol–water partition coefficient (Wildman–Crippen LogP) is 3.94. The maximum atomic E-state index is 12.6. The first-order valence-corrected chi connectivity index (χ1v) is 5.48. The lowest BCUT2D eigenvalue weighted by atomic mass is 10.2. The van der Waals surface area contributed by atoms with E-state index in [-0.39, 0.29) is 5.02 Å². The summed E-state index contributed by atoms with van der Waals surface area (Å²) in [6.45, 7) is 0.566. The summed E-state index contributed by atoms with van der Waals surface area (Å²) in [7, 11) is 0. The first-order chi connectivity index (χ1) is 7.88. The van der Waals surface area contributed by atoms with E-state index in [1.165, 1.54) is 6.07 Å². The summed E-state index contributed by atoms with van der Waals surface area (Å²) in [5, 5.41) is 7.68. The number of nitrogens with one attached hydrogen (secondary N) is 1. The topological polar surface area (TPSA) is 27.1 Å². The SMILES string of the molecule is N=C1CCCN1c1cc(Cl)cc(C(F)(F)F)c1. The third kappa shape index (κ3) is 2.54. The Hall–Kier alpha value is -1.23. The molecule has 0 atom stereocenters. The van der Waals surface area contributed by atoms with E-state index >= 15 is 0 Å². The third-order valence-corrected chi connectivity index (χ3v) is 2.86. The van der Waals surface area contributed by atoms with Crippen molar-refractivity contribution in [2.24, 2.45) is 0 Å². The second-order valence-electron chi connectivity index (χ2n) is 3.90. The first-order valence-electron chi connectivity index (χ1n) is 5.10. The van der Waals surface area contributed by atoms with E-state index in [2.05, 4.69) is 0 Å². The van der Waals surface area contributed by atoms with Crippen LogP contribution in [0.3, 0.4) is 0 Å². The normalized spacial score (nSPS) is 16.7. The molecule has 17 heavy (non-hydrogen) atoms. The number of rotatable bonds is 1. The fraction of sp³-hybridized carbons (Fsp3) is 0.364. The molecule has 2 rings (SSSR count). The van der Waals surface area contributed by atoms with Crippen LogP contribution in [-0.4, -0.2) is 12.4 Å². The van der Waals surface area contributed by atoms with Gasteiger partial charge in [-0.15, -0.1) is 0 Å². The van der Waals surface area contributed by atoms with E-state index in [4.69, 9.17) is 17.0 Å². The highest BCUT2D eigenvalue weighted by atomic mass is 35.5. The van der Waals surface area contributed by atoms with Gasteiger partial charge in [-0.2, -0.15) is 13.2 Å². The number of alkyl halides is 3. The molecule has 1 aromatic rings. The summed E-state index contributed by atoms with van der Waals surface area (Å²) in [5.74, 6) is 0.334. The standard InChI is InChI=1S/C11H10ClF3N2/c12-8-4-7(11(13,14)15)5-9(6-8)17-3-1-2-10(17)16/h4-6,16H,1-3H2. The molecule has 0 bridgehead atoms. The van der Waals surface area contributed by atoms with Gasteiger partial charge in [-0.05, 0) is 24.6 Å². The van der Waals surface area contributed by atoms with E-state index in [0.29, 0.717) is 24.5 Å². The molecule has 6 heteroatoms. The van der Waals surface area contributed by atoms with Crippen LogP contribution < -0.4 is 4.90 Å². The molecule has 0 aromatic heterocycles. The molecule has 1 N–H and O–H groups in total. The predicted molar refractivity (Wildman–Crippen MR) is 60.8 cm³/mol. The minimum atomic E-state index is -4.42. The van der Waals surface area contributed by atoms with Crippen LogP contribution in [0.25, 0.3) is 0 Å².